The van der Waals surface area contributed by atoms with Gasteiger partial charge in [0.05, 0.1) is 11.3 Å². The van der Waals surface area contributed by atoms with Crippen molar-refractivity contribution in [2.45, 2.75) is 53.1 Å². The summed E-state index contributed by atoms with van der Waals surface area (Å²) in [5.74, 6) is -0.422. The Bertz CT molecular complexity index is 691. The van der Waals surface area contributed by atoms with Crippen LogP contribution in [0.4, 0.5) is 0 Å². The van der Waals surface area contributed by atoms with Gasteiger partial charge in [0.15, 0.2) is 5.78 Å². The number of ketones is 1. The monoisotopic (exact) mass is 348 g/mol. The second-order valence-electron chi connectivity index (χ2n) is 6.66. The third-order valence-corrected chi connectivity index (χ3v) is 4.96. The molecule has 1 aliphatic heterocycles. The van der Waals surface area contributed by atoms with Crippen LogP contribution in [0.15, 0.2) is 0 Å². The molecule has 1 aromatic heterocycles. The number of Topliss-reactive ketones (excluding diaryl/α,β-unsaturated/α-hetero) is 1. The molecular formula is C18H28N4O3. The maximum absolute atomic E-state index is 13.2. The third kappa shape index (κ3) is 3.46. The molecule has 0 aliphatic carbocycles. The number of aromatic amines is 1. The summed E-state index contributed by atoms with van der Waals surface area (Å²) in [4.78, 5) is 44.0. The number of amides is 2. The topological polar surface area (TPSA) is 99.5 Å². The molecule has 2 atom stereocenters. The molecule has 3 N–H and O–H groups in total. The molecule has 7 nitrogen and oxygen atoms in total. The lowest BCUT2D eigenvalue weighted by atomic mass is 10.1. The quantitative estimate of drug-likeness (QED) is 0.782. The molecule has 138 valence electrons. The standard InChI is InChI=1S/C18H28N4O3/c1-6-21(7-2)17(24)14-8-13(19)9-22(14)18(25)15-10(3)16(12(5)23)20-11(15)4/h13-14,20H,6-9,19H2,1-5H3/t13-,14+/m1/s1. The smallest absolute Gasteiger partial charge is 0.256 e. The van der Waals surface area contributed by atoms with Crippen LogP contribution in [0.25, 0.3) is 0 Å². The van der Waals surface area contributed by atoms with Crippen molar-refractivity contribution in [2.24, 2.45) is 5.73 Å². The number of carbonyl (C=O) groups is 3. The number of nitrogens with one attached hydrogen (secondary N) is 1. The van der Waals surface area contributed by atoms with E-state index in [0.717, 1.165) is 0 Å². The number of aromatic nitrogens is 1. The molecule has 1 aliphatic rings. The summed E-state index contributed by atoms with van der Waals surface area (Å²) in [6, 6.07) is -0.767. The molecule has 1 fully saturated rings. The summed E-state index contributed by atoms with van der Waals surface area (Å²) in [6.07, 6.45) is 0.461. The summed E-state index contributed by atoms with van der Waals surface area (Å²) < 4.78 is 0. The zero-order valence-electron chi connectivity index (χ0n) is 15.7. The van der Waals surface area contributed by atoms with Gasteiger partial charge in [-0.2, -0.15) is 0 Å². The Morgan fingerprint density at radius 1 is 1.24 bits per heavy atom. The molecule has 0 aromatic carbocycles. The maximum Gasteiger partial charge on any atom is 0.256 e. The Kier molecular flexibility index (Phi) is 5.67. The lowest BCUT2D eigenvalue weighted by Crippen LogP contribution is -2.47. The number of likely N-dealkylation sites (tertiary alicyclic amines) is 1. The molecule has 0 unspecified atom stereocenters. The van der Waals surface area contributed by atoms with Crippen LogP contribution in [0.2, 0.25) is 0 Å². The molecule has 7 heteroatoms. The van der Waals surface area contributed by atoms with Crippen molar-refractivity contribution in [1.29, 1.82) is 0 Å². The average Bonchev–Trinajstić information content (AvgIpc) is 3.08. The summed E-state index contributed by atoms with van der Waals surface area (Å²) in [5, 5.41) is 0. The van der Waals surface area contributed by atoms with E-state index in [2.05, 4.69) is 4.98 Å². The number of H-pyrrole nitrogens is 1. The second kappa shape index (κ2) is 7.39. The number of hydrogen-bond donors (Lipinski definition) is 2. The number of likely N-dealkylation sites (N-methyl/N-ethyl adjacent to an activating group) is 1. The first-order valence-corrected chi connectivity index (χ1v) is 8.78. The van der Waals surface area contributed by atoms with Crippen LogP contribution in [0.3, 0.4) is 0 Å². The zero-order valence-corrected chi connectivity index (χ0v) is 15.7. The van der Waals surface area contributed by atoms with Gasteiger partial charge in [0, 0.05) is 38.3 Å². The molecule has 2 rings (SSSR count). The fraction of sp³-hybridized carbons (Fsp3) is 0.611. The van der Waals surface area contributed by atoms with E-state index in [1.54, 1.807) is 23.6 Å². The van der Waals surface area contributed by atoms with E-state index in [4.69, 9.17) is 5.73 Å². The van der Waals surface area contributed by atoms with Crippen LogP contribution in [-0.2, 0) is 4.79 Å². The van der Waals surface area contributed by atoms with Gasteiger partial charge in [-0.1, -0.05) is 0 Å². The van der Waals surface area contributed by atoms with Crippen molar-refractivity contribution in [2.75, 3.05) is 19.6 Å². The highest BCUT2D eigenvalue weighted by Gasteiger charge is 2.41. The lowest BCUT2D eigenvalue weighted by molar-refractivity contribution is -0.134. The Hall–Kier alpha value is -2.15. The molecule has 1 saturated heterocycles. The largest absolute Gasteiger partial charge is 0.355 e. The van der Waals surface area contributed by atoms with E-state index in [9.17, 15) is 14.4 Å². The van der Waals surface area contributed by atoms with E-state index in [1.165, 1.54) is 6.92 Å². The van der Waals surface area contributed by atoms with Gasteiger partial charge in [0.25, 0.3) is 5.91 Å². The van der Waals surface area contributed by atoms with Gasteiger partial charge in [-0.25, -0.2) is 0 Å². The fourth-order valence-corrected chi connectivity index (χ4v) is 3.64. The first-order chi connectivity index (χ1) is 11.7. The minimum Gasteiger partial charge on any atom is -0.355 e. The first-order valence-electron chi connectivity index (χ1n) is 8.78. The fourth-order valence-electron chi connectivity index (χ4n) is 3.64. The minimum absolute atomic E-state index is 0.0658. The number of hydrogen-bond acceptors (Lipinski definition) is 4. The number of carbonyl (C=O) groups excluding carboxylic acids is 3. The number of aryl methyl sites for hydroxylation is 1. The van der Waals surface area contributed by atoms with Gasteiger partial charge in [0.2, 0.25) is 5.91 Å². The van der Waals surface area contributed by atoms with Crippen LogP contribution in [-0.4, -0.2) is 64.1 Å². The van der Waals surface area contributed by atoms with Crippen molar-refractivity contribution in [3.63, 3.8) is 0 Å². The number of rotatable bonds is 5. The lowest BCUT2D eigenvalue weighted by Gasteiger charge is -2.29. The second-order valence-corrected chi connectivity index (χ2v) is 6.66. The van der Waals surface area contributed by atoms with Gasteiger partial charge in [-0.3, -0.25) is 14.4 Å². The zero-order chi connectivity index (χ0) is 18.9. The predicted octanol–water partition coefficient (Wildman–Crippen LogP) is 1.24. The number of nitrogens with two attached hydrogens (primary N) is 1. The van der Waals surface area contributed by atoms with Crippen LogP contribution in [0.1, 0.15) is 59.3 Å². The highest BCUT2D eigenvalue weighted by atomic mass is 16.2. The minimum atomic E-state index is -0.545. The van der Waals surface area contributed by atoms with Crippen molar-refractivity contribution < 1.29 is 14.4 Å². The third-order valence-electron chi connectivity index (χ3n) is 4.96. The predicted molar refractivity (Wildman–Crippen MR) is 95.6 cm³/mol. The highest BCUT2D eigenvalue weighted by molar-refractivity contribution is 6.04. The molecule has 2 heterocycles. The van der Waals surface area contributed by atoms with Crippen LogP contribution >= 0.6 is 0 Å². The van der Waals surface area contributed by atoms with Crippen LogP contribution in [0, 0.1) is 13.8 Å². The Morgan fingerprint density at radius 2 is 1.84 bits per heavy atom. The molecular weight excluding hydrogens is 320 g/mol. The molecule has 0 bridgehead atoms. The van der Waals surface area contributed by atoms with E-state index in [1.807, 2.05) is 13.8 Å². The molecule has 1 aromatic rings. The maximum atomic E-state index is 13.2. The van der Waals surface area contributed by atoms with E-state index < -0.39 is 6.04 Å². The van der Waals surface area contributed by atoms with Crippen molar-refractivity contribution in [3.8, 4) is 0 Å². The Balaban J connectivity index is 2.37. The Morgan fingerprint density at radius 3 is 2.32 bits per heavy atom. The van der Waals surface area contributed by atoms with Crippen molar-refractivity contribution >= 4 is 17.6 Å². The van der Waals surface area contributed by atoms with Crippen molar-refractivity contribution in [3.05, 3.63) is 22.5 Å². The van der Waals surface area contributed by atoms with Crippen molar-refractivity contribution in [1.82, 2.24) is 14.8 Å². The van der Waals surface area contributed by atoms with Gasteiger partial charge < -0.3 is 20.5 Å². The summed E-state index contributed by atoms with van der Waals surface area (Å²) in [7, 11) is 0. The average molecular weight is 348 g/mol. The van der Waals surface area contributed by atoms with E-state index >= 15 is 0 Å². The van der Waals surface area contributed by atoms with Gasteiger partial charge in [-0.15, -0.1) is 0 Å². The van der Waals surface area contributed by atoms with Crippen LogP contribution < -0.4 is 5.73 Å². The van der Waals surface area contributed by atoms with E-state index in [0.29, 0.717) is 48.6 Å². The Labute approximate surface area is 148 Å². The molecule has 2 amide bonds. The SMILES string of the molecule is CCN(CC)C(=O)[C@@H]1C[C@@H](N)CN1C(=O)c1c(C)[nH]c(C(C)=O)c1C. The highest BCUT2D eigenvalue weighted by Crippen LogP contribution is 2.26. The molecule has 0 saturated carbocycles. The first kappa shape index (κ1) is 19.2. The van der Waals surface area contributed by atoms with Gasteiger partial charge >= 0.3 is 0 Å². The normalized spacial score (nSPS) is 20.0. The number of nitrogens with zero attached hydrogens (tertiary/aromatic N) is 2. The summed E-state index contributed by atoms with van der Waals surface area (Å²) in [6.45, 7) is 10.4. The van der Waals surface area contributed by atoms with Gasteiger partial charge in [0.1, 0.15) is 6.04 Å². The molecule has 0 spiro atoms. The molecule has 25 heavy (non-hydrogen) atoms. The summed E-state index contributed by atoms with van der Waals surface area (Å²) >= 11 is 0. The van der Waals surface area contributed by atoms with Crippen LogP contribution in [0.5, 0.6) is 0 Å². The van der Waals surface area contributed by atoms with E-state index in [-0.39, 0.29) is 23.6 Å². The molecule has 0 radical (unpaired) electrons. The van der Waals surface area contributed by atoms with Gasteiger partial charge in [-0.05, 0) is 39.7 Å². The summed E-state index contributed by atoms with van der Waals surface area (Å²) in [5.41, 5.74) is 8.24.